The van der Waals surface area contributed by atoms with Crippen molar-refractivity contribution in [1.29, 1.82) is 0 Å². The molecule has 3 aromatic carbocycles. The van der Waals surface area contributed by atoms with Crippen LogP contribution in [0.5, 0.6) is 0 Å². The van der Waals surface area contributed by atoms with Crippen LogP contribution in [0.4, 0.5) is 18.9 Å². The van der Waals surface area contributed by atoms with E-state index in [-0.39, 0.29) is 67.7 Å². The smallest absolute Gasteiger partial charge is 1.00 e. The molecule has 4 rings (SSSR count). The van der Waals surface area contributed by atoms with Crippen molar-refractivity contribution in [3.63, 3.8) is 0 Å². The fraction of sp³-hybridized carbons (Fsp3) is 0.273. The fourth-order valence-electron chi connectivity index (χ4n) is 5.27. The number of nitrogens with zero attached hydrogens (tertiary/aromatic N) is 1. The van der Waals surface area contributed by atoms with Gasteiger partial charge in [0.05, 0.1) is 24.3 Å². The monoisotopic (exact) mass is 618 g/mol. The Morgan fingerprint density at radius 1 is 0.841 bits per heavy atom. The van der Waals surface area contributed by atoms with Gasteiger partial charge >= 0.3 is 35.5 Å². The number of aliphatic hydroxyl groups excluding tert-OH is 2. The van der Waals surface area contributed by atoms with Gasteiger partial charge in [0.2, 0.25) is 0 Å². The van der Waals surface area contributed by atoms with Crippen molar-refractivity contribution in [2.75, 3.05) is 5.32 Å². The second-order valence-corrected chi connectivity index (χ2v) is 10.6. The molecular formula is C33H34F3N2NaO5. The largest absolute Gasteiger partial charge is 1.00 e. The van der Waals surface area contributed by atoms with Crippen LogP contribution >= 0.6 is 0 Å². The van der Waals surface area contributed by atoms with Crippen molar-refractivity contribution in [2.24, 2.45) is 0 Å². The van der Waals surface area contributed by atoms with E-state index in [0.717, 1.165) is 0 Å². The maximum Gasteiger partial charge on any atom is 1.00 e. The Morgan fingerprint density at radius 3 is 1.91 bits per heavy atom. The first kappa shape index (κ1) is 35.1. The van der Waals surface area contributed by atoms with Crippen molar-refractivity contribution >= 4 is 17.6 Å². The molecule has 0 unspecified atom stereocenters. The Balaban J connectivity index is 0.00000353. The summed E-state index contributed by atoms with van der Waals surface area (Å²) in [7, 11) is 0. The molecule has 1 heterocycles. The number of carbonyl (C=O) groups excluding carboxylic acids is 1. The number of carboxylic acids is 1. The molecule has 1 aromatic heterocycles. The van der Waals surface area contributed by atoms with Gasteiger partial charge in [0.25, 0.3) is 5.91 Å². The maximum absolute atomic E-state index is 14.6. The van der Waals surface area contributed by atoms with Crippen molar-refractivity contribution in [1.82, 2.24) is 4.57 Å². The van der Waals surface area contributed by atoms with Crippen LogP contribution in [0.1, 0.15) is 56.8 Å². The van der Waals surface area contributed by atoms with Gasteiger partial charge in [-0.15, -0.1) is 0 Å². The minimum absolute atomic E-state index is 0. The van der Waals surface area contributed by atoms with Crippen molar-refractivity contribution in [3.05, 3.63) is 102 Å². The molecule has 2 atom stereocenters. The predicted octanol–water partition coefficient (Wildman–Crippen LogP) is 3.71. The molecule has 0 saturated carbocycles. The first-order valence-corrected chi connectivity index (χ1v) is 13.9. The zero-order valence-electron chi connectivity index (χ0n) is 25.7. The third kappa shape index (κ3) is 8.40. The molecule has 0 aliphatic carbocycles. The number of halogens is 3. The van der Waals surface area contributed by atoms with Crippen LogP contribution in [0, 0.1) is 17.5 Å². The molecule has 44 heavy (non-hydrogen) atoms. The minimum atomic E-state index is -1.25. The van der Waals surface area contributed by atoms with Crippen LogP contribution in [0.2, 0.25) is 0 Å². The van der Waals surface area contributed by atoms with Gasteiger partial charge in [-0.05, 0) is 80.6 Å². The number of nitrogens with one attached hydrogen (secondary N) is 1. The topological polar surface area (TPSA) is 112 Å². The SMILES string of the molecule is CC(C)n1c(CC[C@@H](O)C[C@@H](O)CC(=O)O)c(-c2ccc(F)cc2)c(-c2ccc(F)cc2)c1C(=O)Nc1ccccc1F.[H-].[Na+]. The molecular weight excluding hydrogens is 584 g/mol. The molecule has 0 saturated heterocycles. The van der Waals surface area contributed by atoms with Gasteiger partial charge in [0, 0.05) is 22.9 Å². The number of aliphatic hydroxyl groups is 2. The quantitative estimate of drug-likeness (QED) is 0.181. The van der Waals surface area contributed by atoms with Crippen LogP contribution in [0.15, 0.2) is 72.8 Å². The predicted molar refractivity (Wildman–Crippen MR) is 158 cm³/mol. The van der Waals surface area contributed by atoms with E-state index in [0.29, 0.717) is 27.9 Å². The Morgan fingerprint density at radius 2 is 1.39 bits per heavy atom. The minimum Gasteiger partial charge on any atom is -1.00 e. The first-order chi connectivity index (χ1) is 20.5. The molecule has 0 fully saturated rings. The van der Waals surface area contributed by atoms with E-state index in [1.54, 1.807) is 22.8 Å². The van der Waals surface area contributed by atoms with E-state index in [1.807, 2.05) is 13.8 Å². The van der Waals surface area contributed by atoms with E-state index >= 15 is 0 Å². The molecule has 228 valence electrons. The molecule has 4 aromatic rings. The Kier molecular flexibility index (Phi) is 12.4. The maximum atomic E-state index is 14.6. The number of amides is 1. The first-order valence-electron chi connectivity index (χ1n) is 13.9. The van der Waals surface area contributed by atoms with Crippen LogP contribution in [0.3, 0.4) is 0 Å². The van der Waals surface area contributed by atoms with Gasteiger partial charge in [0.1, 0.15) is 23.1 Å². The summed E-state index contributed by atoms with van der Waals surface area (Å²) in [5.41, 5.74) is 2.68. The zero-order chi connectivity index (χ0) is 31.3. The van der Waals surface area contributed by atoms with Gasteiger partial charge in [-0.25, -0.2) is 13.2 Å². The number of benzene rings is 3. The van der Waals surface area contributed by atoms with Crippen LogP contribution < -0.4 is 34.9 Å². The Bertz CT molecular complexity index is 1600. The summed E-state index contributed by atoms with van der Waals surface area (Å²) < 4.78 is 44.4. The van der Waals surface area contributed by atoms with Crippen LogP contribution in [-0.4, -0.2) is 44.0 Å². The van der Waals surface area contributed by atoms with E-state index in [9.17, 15) is 33.0 Å². The molecule has 7 nitrogen and oxygen atoms in total. The van der Waals surface area contributed by atoms with Crippen molar-refractivity contribution in [3.8, 4) is 22.3 Å². The average molecular weight is 619 g/mol. The number of aliphatic carboxylic acids is 1. The van der Waals surface area contributed by atoms with E-state index in [2.05, 4.69) is 5.32 Å². The molecule has 0 aliphatic heterocycles. The normalized spacial score (nSPS) is 12.5. The molecule has 1 amide bonds. The number of anilines is 1. The molecule has 0 aliphatic rings. The number of carboxylic acid groups (broad SMARTS) is 1. The summed E-state index contributed by atoms with van der Waals surface area (Å²) in [6.45, 7) is 3.69. The van der Waals surface area contributed by atoms with Crippen LogP contribution in [-0.2, 0) is 11.2 Å². The van der Waals surface area contributed by atoms with Crippen molar-refractivity contribution < 1.29 is 69.1 Å². The second kappa shape index (κ2) is 15.5. The summed E-state index contributed by atoms with van der Waals surface area (Å²) in [6.07, 6.45) is -2.75. The van der Waals surface area contributed by atoms with E-state index < -0.39 is 48.0 Å². The number of para-hydroxylation sites is 1. The van der Waals surface area contributed by atoms with E-state index in [1.165, 1.54) is 54.6 Å². The molecule has 11 heteroatoms. The molecule has 0 radical (unpaired) electrons. The molecule has 0 bridgehead atoms. The summed E-state index contributed by atoms with van der Waals surface area (Å²) in [4.78, 5) is 25.0. The summed E-state index contributed by atoms with van der Waals surface area (Å²) >= 11 is 0. The summed E-state index contributed by atoms with van der Waals surface area (Å²) in [5, 5.41) is 32.4. The van der Waals surface area contributed by atoms with Gasteiger partial charge in [0.15, 0.2) is 0 Å². The number of hydrogen-bond donors (Lipinski definition) is 4. The summed E-state index contributed by atoms with van der Waals surface area (Å²) in [6, 6.07) is 16.6. The van der Waals surface area contributed by atoms with E-state index in [4.69, 9.17) is 5.11 Å². The number of hydrogen-bond acceptors (Lipinski definition) is 4. The average Bonchev–Trinajstić information content (AvgIpc) is 3.29. The number of rotatable bonds is 12. The van der Waals surface area contributed by atoms with Crippen molar-refractivity contribution in [2.45, 2.75) is 57.8 Å². The zero-order valence-corrected chi connectivity index (χ0v) is 26.7. The summed E-state index contributed by atoms with van der Waals surface area (Å²) in [5.74, 6) is -3.43. The van der Waals surface area contributed by atoms with Gasteiger partial charge in [-0.3, -0.25) is 9.59 Å². The number of aromatic nitrogens is 1. The molecule has 0 spiro atoms. The molecule has 4 N–H and O–H groups in total. The van der Waals surface area contributed by atoms with Gasteiger partial charge in [-0.1, -0.05) is 36.4 Å². The second-order valence-electron chi connectivity index (χ2n) is 10.6. The van der Waals surface area contributed by atoms with Gasteiger partial charge in [-0.2, -0.15) is 0 Å². The fourth-order valence-corrected chi connectivity index (χ4v) is 5.27. The third-order valence-electron chi connectivity index (χ3n) is 7.10. The Labute approximate surface area is 277 Å². The van der Waals surface area contributed by atoms with Crippen LogP contribution in [0.25, 0.3) is 22.3 Å². The number of carbonyl (C=O) groups is 2. The third-order valence-corrected chi connectivity index (χ3v) is 7.10. The van der Waals surface area contributed by atoms with Gasteiger partial charge < -0.3 is 26.6 Å². The standard InChI is InChI=1S/C33H33F3N2O5.Na.H/c1-19(2)38-28(16-15-24(39)17-25(40)18-29(41)42)30(20-7-11-22(34)12-8-20)31(21-9-13-23(35)14-10-21)32(38)33(43)37-27-6-4-3-5-26(27)36;;/h3-14,19,24-25,39-40H,15-18H2,1-2H3,(H,37,43)(H,41,42);;/q;+1;-1/t24-,25-;;/m1../s1. The Hall–Kier alpha value is -3.41.